The smallest absolute Gasteiger partial charge is 0.232 e. The van der Waals surface area contributed by atoms with Gasteiger partial charge in [0, 0.05) is 42.3 Å². The minimum absolute atomic E-state index is 0.00497. The molecule has 0 radical (unpaired) electrons. The number of nitrogens with zero attached hydrogens (tertiary/aromatic N) is 1. The summed E-state index contributed by atoms with van der Waals surface area (Å²) >= 11 is 0. The molecule has 26 heavy (non-hydrogen) atoms. The van der Waals surface area contributed by atoms with Crippen LogP contribution in [0.25, 0.3) is 10.9 Å². The Morgan fingerprint density at radius 3 is 2.73 bits per heavy atom. The first-order chi connectivity index (χ1) is 12.7. The number of anilines is 1. The van der Waals surface area contributed by atoms with Crippen LogP contribution in [0.2, 0.25) is 0 Å². The Morgan fingerprint density at radius 1 is 1.12 bits per heavy atom. The van der Waals surface area contributed by atoms with Crippen LogP contribution in [0.5, 0.6) is 0 Å². The number of hydrogen-bond acceptors (Lipinski definition) is 2. The SMILES string of the molecule is CCN(Cc1c[nH]c2ccccc12)C(=O)CC1C(=O)Nc2ccccc21. The Labute approximate surface area is 152 Å². The number of rotatable bonds is 5. The van der Waals surface area contributed by atoms with Gasteiger partial charge < -0.3 is 15.2 Å². The summed E-state index contributed by atoms with van der Waals surface area (Å²) in [5.41, 5.74) is 3.88. The molecule has 132 valence electrons. The Balaban J connectivity index is 1.52. The van der Waals surface area contributed by atoms with Crippen LogP contribution in [-0.4, -0.2) is 28.2 Å². The molecule has 0 fully saturated rings. The third kappa shape index (κ3) is 2.86. The highest BCUT2D eigenvalue weighted by atomic mass is 16.2. The highest BCUT2D eigenvalue weighted by molar-refractivity contribution is 6.04. The average molecular weight is 347 g/mol. The second-order valence-corrected chi connectivity index (χ2v) is 6.60. The predicted molar refractivity (Wildman–Crippen MR) is 102 cm³/mol. The van der Waals surface area contributed by atoms with Crippen molar-refractivity contribution in [2.45, 2.75) is 25.8 Å². The molecule has 2 aromatic carbocycles. The van der Waals surface area contributed by atoms with E-state index in [-0.39, 0.29) is 18.2 Å². The zero-order chi connectivity index (χ0) is 18.1. The third-order valence-electron chi connectivity index (χ3n) is 5.06. The van der Waals surface area contributed by atoms with Crippen LogP contribution in [0.4, 0.5) is 5.69 Å². The van der Waals surface area contributed by atoms with Crippen LogP contribution in [0.3, 0.4) is 0 Å². The molecule has 0 aliphatic carbocycles. The van der Waals surface area contributed by atoms with Gasteiger partial charge in [0.1, 0.15) is 0 Å². The lowest BCUT2D eigenvalue weighted by Crippen LogP contribution is -2.32. The fourth-order valence-corrected chi connectivity index (χ4v) is 3.63. The summed E-state index contributed by atoms with van der Waals surface area (Å²) in [6, 6.07) is 15.6. The van der Waals surface area contributed by atoms with E-state index in [1.807, 2.05) is 60.5 Å². The summed E-state index contributed by atoms with van der Waals surface area (Å²) in [5.74, 6) is -0.506. The minimum Gasteiger partial charge on any atom is -0.361 e. The van der Waals surface area contributed by atoms with E-state index in [1.54, 1.807) is 0 Å². The predicted octanol–water partition coefficient (Wildman–Crippen LogP) is 3.64. The molecule has 0 saturated carbocycles. The summed E-state index contributed by atoms with van der Waals surface area (Å²) in [4.78, 5) is 30.2. The number of benzene rings is 2. The fraction of sp³-hybridized carbons (Fsp3) is 0.238. The molecule has 1 aliphatic rings. The molecule has 1 atom stereocenters. The summed E-state index contributed by atoms with van der Waals surface area (Å²) in [6.07, 6.45) is 2.15. The van der Waals surface area contributed by atoms with Crippen molar-refractivity contribution in [1.29, 1.82) is 0 Å². The van der Waals surface area contributed by atoms with Crippen LogP contribution in [0.1, 0.15) is 30.4 Å². The molecule has 1 aliphatic heterocycles. The minimum atomic E-state index is -0.407. The largest absolute Gasteiger partial charge is 0.361 e. The zero-order valence-corrected chi connectivity index (χ0v) is 14.7. The lowest BCUT2D eigenvalue weighted by molar-refractivity contribution is -0.133. The number of aromatic nitrogens is 1. The van der Waals surface area contributed by atoms with E-state index in [4.69, 9.17) is 0 Å². The van der Waals surface area contributed by atoms with Crippen LogP contribution in [0.15, 0.2) is 54.7 Å². The molecule has 1 aromatic heterocycles. The average Bonchev–Trinajstić information content (AvgIpc) is 3.21. The van der Waals surface area contributed by atoms with Crippen LogP contribution in [-0.2, 0) is 16.1 Å². The molecule has 0 bridgehead atoms. The number of H-pyrrole nitrogens is 1. The van der Waals surface area contributed by atoms with Crippen molar-refractivity contribution in [3.05, 3.63) is 65.9 Å². The number of carbonyl (C=O) groups excluding carboxylic acids is 2. The van der Waals surface area contributed by atoms with Crippen LogP contribution < -0.4 is 5.32 Å². The van der Waals surface area contributed by atoms with Gasteiger partial charge in [0.05, 0.1) is 5.92 Å². The van der Waals surface area contributed by atoms with Gasteiger partial charge in [-0.2, -0.15) is 0 Å². The second-order valence-electron chi connectivity index (χ2n) is 6.60. The Hall–Kier alpha value is -3.08. The number of fused-ring (bicyclic) bond motifs is 2. The van der Waals surface area contributed by atoms with Gasteiger partial charge >= 0.3 is 0 Å². The molecule has 2 amide bonds. The van der Waals surface area contributed by atoms with E-state index < -0.39 is 5.92 Å². The Bertz CT molecular complexity index is 976. The molecular weight excluding hydrogens is 326 g/mol. The molecule has 0 spiro atoms. The maximum absolute atomic E-state index is 12.9. The maximum atomic E-state index is 12.9. The summed E-state index contributed by atoms with van der Waals surface area (Å²) in [5, 5.41) is 3.99. The van der Waals surface area contributed by atoms with Gasteiger partial charge in [0.25, 0.3) is 0 Å². The van der Waals surface area contributed by atoms with Crippen molar-refractivity contribution in [3.8, 4) is 0 Å². The number of aromatic amines is 1. The normalized spacial score (nSPS) is 15.7. The summed E-state index contributed by atoms with van der Waals surface area (Å²) < 4.78 is 0. The monoisotopic (exact) mass is 347 g/mol. The summed E-state index contributed by atoms with van der Waals surface area (Å²) in [7, 11) is 0. The molecule has 4 rings (SSSR count). The zero-order valence-electron chi connectivity index (χ0n) is 14.7. The Kier molecular flexibility index (Phi) is 4.21. The van der Waals surface area contributed by atoms with Crippen LogP contribution >= 0.6 is 0 Å². The van der Waals surface area contributed by atoms with Crippen molar-refractivity contribution in [3.63, 3.8) is 0 Å². The first kappa shape index (κ1) is 16.4. The van der Waals surface area contributed by atoms with E-state index in [1.165, 1.54) is 0 Å². The first-order valence-electron chi connectivity index (χ1n) is 8.90. The van der Waals surface area contributed by atoms with Gasteiger partial charge in [-0.3, -0.25) is 9.59 Å². The third-order valence-corrected chi connectivity index (χ3v) is 5.06. The number of amides is 2. The number of carbonyl (C=O) groups is 2. The van der Waals surface area contributed by atoms with Crippen molar-refractivity contribution < 1.29 is 9.59 Å². The molecule has 1 unspecified atom stereocenters. The van der Waals surface area contributed by atoms with E-state index in [0.29, 0.717) is 13.1 Å². The van der Waals surface area contributed by atoms with E-state index in [2.05, 4.69) is 16.4 Å². The lowest BCUT2D eigenvalue weighted by Gasteiger charge is -2.22. The highest BCUT2D eigenvalue weighted by Crippen LogP contribution is 2.34. The Morgan fingerprint density at radius 2 is 1.88 bits per heavy atom. The summed E-state index contributed by atoms with van der Waals surface area (Å²) in [6.45, 7) is 3.11. The van der Waals surface area contributed by atoms with E-state index in [9.17, 15) is 9.59 Å². The van der Waals surface area contributed by atoms with Gasteiger partial charge in [-0.25, -0.2) is 0 Å². The number of para-hydroxylation sites is 2. The first-order valence-corrected chi connectivity index (χ1v) is 8.90. The van der Waals surface area contributed by atoms with Gasteiger partial charge in [-0.15, -0.1) is 0 Å². The quantitative estimate of drug-likeness (QED) is 0.740. The highest BCUT2D eigenvalue weighted by Gasteiger charge is 2.33. The van der Waals surface area contributed by atoms with Gasteiger partial charge in [-0.1, -0.05) is 36.4 Å². The number of hydrogen-bond donors (Lipinski definition) is 2. The second kappa shape index (κ2) is 6.67. The van der Waals surface area contributed by atoms with E-state index >= 15 is 0 Å². The molecule has 5 heteroatoms. The van der Waals surface area contributed by atoms with Crippen molar-refractivity contribution >= 4 is 28.4 Å². The van der Waals surface area contributed by atoms with E-state index in [0.717, 1.165) is 27.7 Å². The van der Waals surface area contributed by atoms with Gasteiger partial charge in [-0.05, 0) is 30.2 Å². The molecule has 5 nitrogen and oxygen atoms in total. The maximum Gasteiger partial charge on any atom is 0.232 e. The molecule has 2 N–H and O–H groups in total. The van der Waals surface area contributed by atoms with Crippen LogP contribution in [0, 0.1) is 0 Å². The molecule has 3 aromatic rings. The molecular formula is C21H21N3O2. The molecule has 0 saturated heterocycles. The van der Waals surface area contributed by atoms with Gasteiger partial charge in [0.2, 0.25) is 11.8 Å². The lowest BCUT2D eigenvalue weighted by atomic mass is 9.96. The topological polar surface area (TPSA) is 65.2 Å². The molecule has 2 heterocycles. The van der Waals surface area contributed by atoms with Crippen molar-refractivity contribution in [1.82, 2.24) is 9.88 Å². The number of nitrogens with one attached hydrogen (secondary N) is 2. The van der Waals surface area contributed by atoms with Crippen molar-refractivity contribution in [2.75, 3.05) is 11.9 Å². The van der Waals surface area contributed by atoms with Gasteiger partial charge in [0.15, 0.2) is 0 Å². The fourth-order valence-electron chi connectivity index (χ4n) is 3.63. The van der Waals surface area contributed by atoms with Crippen molar-refractivity contribution in [2.24, 2.45) is 0 Å². The standard InChI is InChI=1S/C21H21N3O2/c1-2-24(13-14-12-22-18-9-5-3-7-15(14)18)20(25)11-17-16-8-4-6-10-19(16)23-21(17)26/h3-10,12,17,22H,2,11,13H2,1H3,(H,23,26).